The van der Waals surface area contributed by atoms with Gasteiger partial charge in [-0.1, -0.05) is 35.9 Å². The fourth-order valence-corrected chi connectivity index (χ4v) is 9.46. The number of amides is 2. The fraction of sp³-hybridized carbons (Fsp3) is 0.451. The summed E-state index contributed by atoms with van der Waals surface area (Å²) in [6.07, 6.45) is 3.17. The van der Waals surface area contributed by atoms with Gasteiger partial charge in [0, 0.05) is 85.2 Å². The van der Waals surface area contributed by atoms with Crippen molar-refractivity contribution in [3.8, 4) is 16.9 Å². The van der Waals surface area contributed by atoms with E-state index in [2.05, 4.69) is 23.2 Å². The van der Waals surface area contributed by atoms with E-state index in [4.69, 9.17) is 35.6 Å². The lowest BCUT2D eigenvalue weighted by Crippen LogP contribution is -2.41. The van der Waals surface area contributed by atoms with E-state index in [9.17, 15) is 29.1 Å². The summed E-state index contributed by atoms with van der Waals surface area (Å²) >= 11 is 6.39. The second-order valence-corrected chi connectivity index (χ2v) is 17.6. The molecular weight excluding hydrogens is 892 g/mol. The maximum absolute atomic E-state index is 13.3. The molecule has 1 atom stereocenters. The van der Waals surface area contributed by atoms with Crippen LogP contribution in [0.3, 0.4) is 0 Å². The average molecular weight is 954 g/mol. The van der Waals surface area contributed by atoms with Crippen LogP contribution in [-0.4, -0.2) is 138 Å². The number of carboxylic acids is 1. The van der Waals surface area contributed by atoms with Crippen LogP contribution in [0.2, 0.25) is 5.02 Å². The highest BCUT2D eigenvalue weighted by Gasteiger charge is 2.41. The third kappa shape index (κ3) is 11.2. The van der Waals surface area contributed by atoms with E-state index in [1.165, 1.54) is 0 Å². The first-order valence-electron chi connectivity index (χ1n) is 23.4. The molecule has 2 aliphatic rings. The Morgan fingerprint density at radius 3 is 2.32 bits per heavy atom. The number of morpholine rings is 1. The van der Waals surface area contributed by atoms with Gasteiger partial charge in [-0.15, -0.1) is 0 Å². The van der Waals surface area contributed by atoms with E-state index < -0.39 is 23.8 Å². The number of para-hydroxylation sites is 1. The molecule has 4 heterocycles. The summed E-state index contributed by atoms with van der Waals surface area (Å²) in [6.45, 7) is 15.0. The molecule has 0 saturated carbocycles. The summed E-state index contributed by atoms with van der Waals surface area (Å²) in [4.78, 5) is 65.3. The Labute approximate surface area is 401 Å². The average Bonchev–Trinajstić information content (AvgIpc) is 3.91. The lowest BCUT2D eigenvalue weighted by molar-refractivity contribution is -0.112. The van der Waals surface area contributed by atoms with Gasteiger partial charge >= 0.3 is 5.97 Å². The monoisotopic (exact) mass is 952 g/mol. The number of rotatable bonds is 26. The van der Waals surface area contributed by atoms with Crippen molar-refractivity contribution in [1.29, 1.82) is 0 Å². The topological polar surface area (TPSA) is 184 Å². The standard InChI is InChI=1S/C51H61ClN6O10/c1-33-30-38(31-34(2)46(33)52)68-24-8-14-40-39-11-5-12-41(47(39)56(48(40)51(63)64)19-18-55-20-26-67-27-21-55)44-35(3)54-57(36(44)4)17-9-23-65-28-29-66-25-16-53-43-15-6-13-42-45(43)50(62)58(49(42)61)37(32-60)10-7-22-59/h5-6,11-13,15,22,30-32,37,53H,7-10,14,16-21,23-29H2,1-4H3,(H,63,64). The molecule has 1 saturated heterocycles. The van der Waals surface area contributed by atoms with E-state index in [0.29, 0.717) is 116 Å². The Bertz CT molecular complexity index is 2610. The molecule has 362 valence electrons. The predicted octanol–water partition coefficient (Wildman–Crippen LogP) is 7.11. The molecule has 0 spiro atoms. The Morgan fingerprint density at radius 2 is 1.60 bits per heavy atom. The van der Waals surface area contributed by atoms with Crippen molar-refractivity contribution < 1.29 is 48.0 Å². The van der Waals surface area contributed by atoms with Crippen LogP contribution in [0.5, 0.6) is 5.75 Å². The number of nitrogens with one attached hydrogen (secondary N) is 1. The lowest BCUT2D eigenvalue weighted by atomic mass is 9.98. The zero-order valence-corrected chi connectivity index (χ0v) is 40.1. The van der Waals surface area contributed by atoms with Gasteiger partial charge in [-0.05, 0) is 94.3 Å². The molecule has 2 amide bonds. The van der Waals surface area contributed by atoms with Gasteiger partial charge in [-0.3, -0.25) is 24.1 Å². The first kappa shape index (κ1) is 50.0. The van der Waals surface area contributed by atoms with Crippen molar-refractivity contribution in [3.05, 3.63) is 98.5 Å². The van der Waals surface area contributed by atoms with Gasteiger partial charge in [-0.25, -0.2) is 4.79 Å². The lowest BCUT2D eigenvalue weighted by Gasteiger charge is -2.27. The van der Waals surface area contributed by atoms with E-state index in [1.807, 2.05) is 54.3 Å². The number of imide groups is 1. The van der Waals surface area contributed by atoms with Crippen molar-refractivity contribution in [3.63, 3.8) is 0 Å². The van der Waals surface area contributed by atoms with Crippen LogP contribution in [0, 0.1) is 27.7 Å². The molecule has 5 aromatic rings. The third-order valence-corrected chi connectivity index (χ3v) is 13.2. The number of fused-ring (bicyclic) bond motifs is 2. The Balaban J connectivity index is 0.955. The molecule has 2 N–H and O–H groups in total. The number of anilines is 1. The second-order valence-electron chi connectivity index (χ2n) is 17.2. The van der Waals surface area contributed by atoms with Crippen LogP contribution < -0.4 is 10.1 Å². The Kier molecular flexibility index (Phi) is 17.2. The zero-order valence-electron chi connectivity index (χ0n) is 39.3. The summed E-state index contributed by atoms with van der Waals surface area (Å²) in [5.74, 6) is -1.34. The number of carboxylic acid groups (broad SMARTS) is 1. The summed E-state index contributed by atoms with van der Waals surface area (Å²) in [5, 5.41) is 20.6. The van der Waals surface area contributed by atoms with Crippen LogP contribution >= 0.6 is 11.6 Å². The number of aryl methyl sites for hydroxylation is 5. The number of aromatic carboxylic acids is 1. The van der Waals surface area contributed by atoms with E-state index in [-0.39, 0.29) is 24.0 Å². The molecule has 68 heavy (non-hydrogen) atoms. The molecule has 0 radical (unpaired) electrons. The molecule has 0 aliphatic carbocycles. The number of carbonyl (C=O) groups excluding carboxylic acids is 4. The van der Waals surface area contributed by atoms with Crippen LogP contribution in [-0.2, 0) is 43.3 Å². The van der Waals surface area contributed by atoms with Crippen LogP contribution in [0.15, 0.2) is 48.5 Å². The molecule has 17 heteroatoms. The molecule has 1 fully saturated rings. The van der Waals surface area contributed by atoms with Crippen molar-refractivity contribution >= 4 is 58.5 Å². The van der Waals surface area contributed by atoms with E-state index >= 15 is 0 Å². The molecule has 0 bridgehead atoms. The first-order chi connectivity index (χ1) is 32.9. The number of carbonyl (C=O) groups is 5. The molecule has 2 aliphatic heterocycles. The van der Waals surface area contributed by atoms with Gasteiger partial charge in [0.2, 0.25) is 0 Å². The second kappa shape index (κ2) is 23.4. The summed E-state index contributed by atoms with van der Waals surface area (Å²) in [7, 11) is 0. The maximum Gasteiger partial charge on any atom is 0.352 e. The number of nitrogens with zero attached hydrogens (tertiary/aromatic N) is 5. The number of halogens is 1. The normalized spacial score (nSPS) is 14.5. The number of benzene rings is 3. The predicted molar refractivity (Wildman–Crippen MR) is 258 cm³/mol. The largest absolute Gasteiger partial charge is 0.494 e. The fourth-order valence-electron chi connectivity index (χ4n) is 9.35. The van der Waals surface area contributed by atoms with Gasteiger partial charge in [0.15, 0.2) is 0 Å². The summed E-state index contributed by atoms with van der Waals surface area (Å²) in [5.41, 5.74) is 8.53. The van der Waals surface area contributed by atoms with Gasteiger partial charge in [0.1, 0.15) is 24.0 Å². The highest BCUT2D eigenvalue weighted by atomic mass is 35.5. The molecule has 3 aromatic carbocycles. The number of hydrogen-bond donors (Lipinski definition) is 2. The van der Waals surface area contributed by atoms with E-state index in [1.54, 1.807) is 18.2 Å². The highest BCUT2D eigenvalue weighted by molar-refractivity contribution is 6.32. The van der Waals surface area contributed by atoms with E-state index in [0.717, 1.165) is 78.9 Å². The number of aldehydes is 2. The first-order valence-corrected chi connectivity index (χ1v) is 23.7. The summed E-state index contributed by atoms with van der Waals surface area (Å²) in [6, 6.07) is 13.9. The number of hydrogen-bond acceptors (Lipinski definition) is 12. The van der Waals surface area contributed by atoms with Gasteiger partial charge in [-0.2, -0.15) is 5.10 Å². The molecule has 2 aromatic heterocycles. The smallest absolute Gasteiger partial charge is 0.352 e. The minimum atomic E-state index is -1.01. The molecular formula is C51H61ClN6O10. The van der Waals surface area contributed by atoms with Crippen molar-refractivity contribution in [2.24, 2.45) is 0 Å². The quantitative estimate of drug-likeness (QED) is 0.0325. The third-order valence-electron chi connectivity index (χ3n) is 12.6. The molecule has 7 rings (SSSR count). The SMILES string of the molecule is Cc1cc(OCCCc2c(C(=O)O)n(CCN3CCOCC3)c3c(-c4c(C)nn(CCCOCCOCCNc5cccc6c5C(=O)N(C(C=O)CCC=O)C6=O)c4C)cccc23)cc(C)c1Cl. The van der Waals surface area contributed by atoms with Crippen molar-refractivity contribution in [2.75, 3.05) is 77.7 Å². The van der Waals surface area contributed by atoms with Crippen molar-refractivity contribution in [1.82, 2.24) is 24.1 Å². The Morgan fingerprint density at radius 1 is 0.882 bits per heavy atom. The molecule has 16 nitrogen and oxygen atoms in total. The van der Waals surface area contributed by atoms with Gasteiger partial charge in [0.05, 0.1) is 68.0 Å². The Hall–Kier alpha value is -5.91. The summed E-state index contributed by atoms with van der Waals surface area (Å²) < 4.78 is 27.4. The van der Waals surface area contributed by atoms with Crippen LogP contribution in [0.4, 0.5) is 5.69 Å². The molecule has 1 unspecified atom stereocenters. The van der Waals surface area contributed by atoms with Gasteiger partial charge in [0.25, 0.3) is 11.8 Å². The van der Waals surface area contributed by atoms with Crippen molar-refractivity contribution in [2.45, 2.75) is 78.9 Å². The zero-order chi connectivity index (χ0) is 48.3. The van der Waals surface area contributed by atoms with Gasteiger partial charge < -0.3 is 43.5 Å². The minimum absolute atomic E-state index is 0.0595. The van der Waals surface area contributed by atoms with Crippen LogP contribution in [0.25, 0.3) is 22.0 Å². The minimum Gasteiger partial charge on any atom is -0.494 e. The number of ether oxygens (including phenoxy) is 4. The number of aromatic nitrogens is 3. The highest BCUT2D eigenvalue weighted by Crippen LogP contribution is 2.38. The maximum atomic E-state index is 13.3. The van der Waals surface area contributed by atoms with Crippen LogP contribution in [0.1, 0.15) is 85.0 Å².